The highest BCUT2D eigenvalue weighted by Crippen LogP contribution is 2.23. The number of anilines is 1. The van der Waals surface area contributed by atoms with Gasteiger partial charge in [0.25, 0.3) is 0 Å². The Hall–Kier alpha value is -2.82. The molecule has 0 spiro atoms. The third kappa shape index (κ3) is 4.09. The summed E-state index contributed by atoms with van der Waals surface area (Å²) < 4.78 is 5.07. The van der Waals surface area contributed by atoms with Crippen molar-refractivity contribution in [2.45, 2.75) is 13.3 Å². The van der Waals surface area contributed by atoms with E-state index in [1.54, 1.807) is 6.08 Å². The second kappa shape index (κ2) is 6.76. The quantitative estimate of drug-likeness (QED) is 0.386. The molecule has 22 heavy (non-hydrogen) atoms. The molecule has 0 radical (unpaired) electrons. The molecular weight excluding hydrogens is 282 g/mol. The number of carboxylic acid groups (broad SMARTS) is 1. The Morgan fingerprint density at radius 1 is 1.41 bits per heavy atom. The molecule has 0 saturated heterocycles. The summed E-state index contributed by atoms with van der Waals surface area (Å²) in [5.74, 6) is -1.46. The average molecular weight is 299 g/mol. The van der Waals surface area contributed by atoms with E-state index < -0.39 is 11.9 Å². The largest absolute Gasteiger partial charge is 0.478 e. The van der Waals surface area contributed by atoms with Gasteiger partial charge in [0.15, 0.2) is 0 Å². The lowest BCUT2D eigenvalue weighted by molar-refractivity contribution is -0.129. The highest BCUT2D eigenvalue weighted by atomic mass is 16.5. The lowest BCUT2D eigenvalue weighted by Crippen LogP contribution is -2.09. The molecule has 0 aromatic heterocycles. The summed E-state index contributed by atoms with van der Waals surface area (Å²) in [7, 11) is 0. The standard InChI is InChI=1S/C17H17NO4/c1-11-3-2-4-12(9-11)5-8-16(19)22-15-10-13(18)6-7-14(15)17(20)21/h2-8,10-11H,9,18H2,1H3,(H,20,21)/b8-5+. The summed E-state index contributed by atoms with van der Waals surface area (Å²) in [6.45, 7) is 2.08. The number of ether oxygens (including phenoxy) is 1. The van der Waals surface area contributed by atoms with Gasteiger partial charge in [-0.15, -0.1) is 0 Å². The molecule has 5 heteroatoms. The van der Waals surface area contributed by atoms with Crippen molar-refractivity contribution >= 4 is 17.6 Å². The zero-order chi connectivity index (χ0) is 16.1. The first-order valence-electron chi connectivity index (χ1n) is 6.86. The monoisotopic (exact) mass is 299 g/mol. The SMILES string of the molecule is CC1C=CC=C(/C=C/C(=O)Oc2cc(N)ccc2C(=O)O)C1. The number of esters is 1. The molecule has 0 amide bonds. The normalized spacial score (nSPS) is 17.3. The average Bonchev–Trinajstić information content (AvgIpc) is 2.45. The van der Waals surface area contributed by atoms with E-state index in [0.29, 0.717) is 11.6 Å². The first kappa shape index (κ1) is 15.6. The van der Waals surface area contributed by atoms with Gasteiger partial charge < -0.3 is 15.6 Å². The van der Waals surface area contributed by atoms with Crippen molar-refractivity contribution in [3.63, 3.8) is 0 Å². The van der Waals surface area contributed by atoms with Gasteiger partial charge in [-0.1, -0.05) is 31.2 Å². The van der Waals surface area contributed by atoms with Gasteiger partial charge in [0.2, 0.25) is 0 Å². The van der Waals surface area contributed by atoms with Crippen LogP contribution < -0.4 is 10.5 Å². The molecule has 0 fully saturated rings. The van der Waals surface area contributed by atoms with E-state index in [1.807, 2.05) is 12.2 Å². The third-order valence-electron chi connectivity index (χ3n) is 3.19. The Kier molecular flexibility index (Phi) is 4.78. The number of benzene rings is 1. The zero-order valence-electron chi connectivity index (χ0n) is 12.2. The minimum atomic E-state index is -1.18. The Bertz CT molecular complexity index is 686. The second-order valence-electron chi connectivity index (χ2n) is 5.12. The van der Waals surface area contributed by atoms with Gasteiger partial charge in [0.05, 0.1) is 0 Å². The fraction of sp³-hybridized carbons (Fsp3) is 0.176. The molecule has 1 aliphatic rings. The van der Waals surface area contributed by atoms with Crippen LogP contribution in [0.4, 0.5) is 5.69 Å². The van der Waals surface area contributed by atoms with Crippen molar-refractivity contribution in [1.82, 2.24) is 0 Å². The van der Waals surface area contributed by atoms with Gasteiger partial charge >= 0.3 is 11.9 Å². The van der Waals surface area contributed by atoms with Crippen LogP contribution in [0.15, 0.2) is 54.2 Å². The maximum atomic E-state index is 11.8. The van der Waals surface area contributed by atoms with Gasteiger partial charge in [-0.3, -0.25) is 0 Å². The molecule has 0 aliphatic heterocycles. The van der Waals surface area contributed by atoms with E-state index in [1.165, 1.54) is 24.3 Å². The van der Waals surface area contributed by atoms with Crippen molar-refractivity contribution in [1.29, 1.82) is 0 Å². The number of hydrogen-bond donors (Lipinski definition) is 2. The maximum absolute atomic E-state index is 11.8. The number of nitrogens with two attached hydrogens (primary N) is 1. The van der Waals surface area contributed by atoms with Crippen molar-refractivity contribution in [3.05, 3.63) is 59.7 Å². The number of rotatable bonds is 4. The Balaban J connectivity index is 2.09. The van der Waals surface area contributed by atoms with Crippen LogP contribution in [0, 0.1) is 5.92 Å². The van der Waals surface area contributed by atoms with Crippen LogP contribution in [0.5, 0.6) is 5.75 Å². The van der Waals surface area contributed by atoms with E-state index in [4.69, 9.17) is 15.6 Å². The van der Waals surface area contributed by atoms with Crippen molar-refractivity contribution in [2.75, 3.05) is 5.73 Å². The summed E-state index contributed by atoms with van der Waals surface area (Å²) >= 11 is 0. The van der Waals surface area contributed by atoms with Gasteiger partial charge in [-0.2, -0.15) is 0 Å². The summed E-state index contributed by atoms with van der Waals surface area (Å²) in [5, 5.41) is 9.07. The fourth-order valence-corrected chi connectivity index (χ4v) is 2.12. The summed E-state index contributed by atoms with van der Waals surface area (Å²) in [5.41, 5.74) is 6.82. The minimum absolute atomic E-state index is 0.0620. The molecule has 1 atom stereocenters. The van der Waals surface area contributed by atoms with E-state index in [2.05, 4.69) is 13.0 Å². The zero-order valence-corrected chi connectivity index (χ0v) is 12.2. The molecular formula is C17H17NO4. The van der Waals surface area contributed by atoms with Crippen LogP contribution in [0.1, 0.15) is 23.7 Å². The van der Waals surface area contributed by atoms with Crippen LogP contribution in [0.3, 0.4) is 0 Å². The van der Waals surface area contributed by atoms with Crippen LogP contribution in [-0.4, -0.2) is 17.0 Å². The van der Waals surface area contributed by atoms with Gasteiger partial charge in [-0.25, -0.2) is 9.59 Å². The molecule has 114 valence electrons. The number of carbonyl (C=O) groups excluding carboxylic acids is 1. The molecule has 1 aromatic rings. The van der Waals surface area contributed by atoms with Gasteiger partial charge in [0.1, 0.15) is 11.3 Å². The molecule has 3 N–H and O–H groups in total. The topological polar surface area (TPSA) is 89.6 Å². The number of aromatic carboxylic acids is 1. The summed E-state index contributed by atoms with van der Waals surface area (Å²) in [4.78, 5) is 22.9. The van der Waals surface area contributed by atoms with Crippen LogP contribution >= 0.6 is 0 Å². The lowest BCUT2D eigenvalue weighted by Gasteiger charge is -2.11. The molecule has 1 aromatic carbocycles. The molecule has 5 nitrogen and oxygen atoms in total. The summed E-state index contributed by atoms with van der Waals surface area (Å²) in [6, 6.07) is 4.07. The predicted molar refractivity (Wildman–Crippen MR) is 83.6 cm³/mol. The highest BCUT2D eigenvalue weighted by Gasteiger charge is 2.14. The second-order valence-corrected chi connectivity index (χ2v) is 5.12. The number of hydrogen-bond acceptors (Lipinski definition) is 4. The van der Waals surface area contributed by atoms with Crippen LogP contribution in [0.25, 0.3) is 0 Å². The molecule has 1 unspecified atom stereocenters. The summed E-state index contributed by atoms with van der Waals surface area (Å²) in [6.07, 6.45) is 9.76. The maximum Gasteiger partial charge on any atom is 0.339 e. The lowest BCUT2D eigenvalue weighted by atomic mass is 9.96. The molecule has 0 saturated carbocycles. The fourth-order valence-electron chi connectivity index (χ4n) is 2.12. The number of carbonyl (C=O) groups is 2. The van der Waals surface area contributed by atoms with Crippen molar-refractivity contribution in [3.8, 4) is 5.75 Å². The Morgan fingerprint density at radius 3 is 2.86 bits per heavy atom. The van der Waals surface area contributed by atoms with Crippen molar-refractivity contribution < 1.29 is 19.4 Å². The van der Waals surface area contributed by atoms with E-state index >= 15 is 0 Å². The van der Waals surface area contributed by atoms with E-state index in [-0.39, 0.29) is 11.3 Å². The molecule has 1 aliphatic carbocycles. The van der Waals surface area contributed by atoms with Crippen molar-refractivity contribution in [2.24, 2.45) is 5.92 Å². The smallest absolute Gasteiger partial charge is 0.339 e. The third-order valence-corrected chi connectivity index (χ3v) is 3.19. The molecule has 0 bridgehead atoms. The first-order chi connectivity index (χ1) is 10.5. The van der Waals surface area contributed by atoms with Gasteiger partial charge in [0, 0.05) is 17.8 Å². The molecule has 2 rings (SSSR count). The molecule has 0 heterocycles. The number of nitrogen functional groups attached to an aromatic ring is 1. The number of carboxylic acids is 1. The number of allylic oxidation sites excluding steroid dienone is 5. The Morgan fingerprint density at radius 2 is 2.18 bits per heavy atom. The Labute approximate surface area is 128 Å². The predicted octanol–water partition coefficient (Wildman–Crippen LogP) is 2.95. The minimum Gasteiger partial charge on any atom is -0.478 e. The van der Waals surface area contributed by atoms with E-state index in [9.17, 15) is 9.59 Å². The van der Waals surface area contributed by atoms with E-state index in [0.717, 1.165) is 12.0 Å². The van der Waals surface area contributed by atoms with Crippen LogP contribution in [0.2, 0.25) is 0 Å². The first-order valence-corrected chi connectivity index (χ1v) is 6.86. The van der Waals surface area contributed by atoms with Crippen LogP contribution in [-0.2, 0) is 4.79 Å². The van der Waals surface area contributed by atoms with Gasteiger partial charge in [-0.05, 0) is 30.0 Å². The highest BCUT2D eigenvalue weighted by molar-refractivity contribution is 5.94.